The number of hydrogen-bond acceptors (Lipinski definition) is 9. The van der Waals surface area contributed by atoms with Crippen molar-refractivity contribution in [2.75, 3.05) is 38.2 Å². The second-order valence-electron chi connectivity index (χ2n) is 8.60. The first-order chi connectivity index (χ1) is 18.5. The average molecular weight is 636 g/mol. The maximum absolute atomic E-state index is 14.1. The monoisotopic (exact) mass is 635 g/mol. The maximum Gasteiger partial charge on any atom is 0.319 e. The molecule has 0 spiro atoms. The quantitative estimate of drug-likeness (QED) is 0.234. The van der Waals surface area contributed by atoms with Gasteiger partial charge >= 0.3 is 6.03 Å². The standard InChI is InChI=1S/C23H28BrF2N5O7S/c24-12-7-16(25)15(17(26)8-12)11-38-21-19(20(27)35)22(39-30-21)29-23(36)28-2-1-13(32)9-14(33)10-18(34)31-3-5-37-6-4-31/h7-8,13-14,32-33H,1-6,9-11H2,(H2,27,35)(H2,28,29,36)/t13-,14-/m1/s1. The first-order valence-corrected chi connectivity index (χ1v) is 13.4. The minimum Gasteiger partial charge on any atom is -0.471 e. The molecule has 2 aromatic rings. The molecule has 0 saturated carbocycles. The molecule has 2 atom stereocenters. The summed E-state index contributed by atoms with van der Waals surface area (Å²) in [6.07, 6.45) is -2.13. The molecular weight excluding hydrogens is 608 g/mol. The first kappa shape index (κ1) is 30.6. The van der Waals surface area contributed by atoms with Gasteiger partial charge in [-0.1, -0.05) is 15.9 Å². The number of nitrogens with one attached hydrogen (secondary N) is 2. The lowest BCUT2D eigenvalue weighted by Gasteiger charge is -2.28. The van der Waals surface area contributed by atoms with Crippen LogP contribution in [-0.2, 0) is 16.1 Å². The maximum atomic E-state index is 14.1. The highest BCUT2D eigenvalue weighted by atomic mass is 79.9. The molecule has 0 radical (unpaired) electrons. The number of nitrogens with zero attached hydrogens (tertiary/aromatic N) is 2. The summed E-state index contributed by atoms with van der Waals surface area (Å²) in [6.45, 7) is 1.23. The predicted molar refractivity (Wildman–Crippen MR) is 139 cm³/mol. The third kappa shape index (κ3) is 9.06. The van der Waals surface area contributed by atoms with E-state index in [1.165, 1.54) is 0 Å². The number of aliphatic hydroxyl groups is 2. The molecule has 16 heteroatoms. The number of nitrogens with two attached hydrogens (primary N) is 1. The molecule has 1 aliphatic heterocycles. The molecule has 39 heavy (non-hydrogen) atoms. The number of ether oxygens (including phenoxy) is 2. The van der Waals surface area contributed by atoms with E-state index in [4.69, 9.17) is 15.2 Å². The number of rotatable bonds is 12. The third-order valence-electron chi connectivity index (χ3n) is 5.67. The average Bonchev–Trinajstić information content (AvgIpc) is 3.26. The van der Waals surface area contributed by atoms with E-state index < -0.39 is 42.4 Å². The van der Waals surface area contributed by atoms with E-state index in [1.807, 2.05) is 0 Å². The molecule has 1 saturated heterocycles. The Balaban J connectivity index is 1.45. The molecule has 0 unspecified atom stereocenters. The number of aromatic nitrogens is 1. The fourth-order valence-corrected chi connectivity index (χ4v) is 4.82. The van der Waals surface area contributed by atoms with E-state index in [1.54, 1.807) is 4.90 Å². The zero-order valence-corrected chi connectivity index (χ0v) is 23.0. The van der Waals surface area contributed by atoms with Gasteiger partial charge in [0.05, 0.1) is 37.4 Å². The van der Waals surface area contributed by atoms with Crippen LogP contribution in [0.3, 0.4) is 0 Å². The molecule has 3 rings (SSSR count). The Labute approximate surface area is 234 Å². The van der Waals surface area contributed by atoms with Gasteiger partial charge in [-0.2, -0.15) is 4.37 Å². The number of amides is 4. The Morgan fingerprint density at radius 1 is 1.21 bits per heavy atom. The van der Waals surface area contributed by atoms with Crippen molar-refractivity contribution in [2.24, 2.45) is 5.73 Å². The minimum absolute atomic E-state index is 0.00726. The number of morpholine rings is 1. The van der Waals surface area contributed by atoms with Crippen molar-refractivity contribution in [1.29, 1.82) is 0 Å². The fraction of sp³-hybridized carbons (Fsp3) is 0.478. The van der Waals surface area contributed by atoms with Crippen LogP contribution >= 0.6 is 27.5 Å². The largest absolute Gasteiger partial charge is 0.471 e. The summed E-state index contributed by atoms with van der Waals surface area (Å²) in [7, 11) is 0. The Kier molecular flexibility index (Phi) is 11.4. The highest BCUT2D eigenvalue weighted by Crippen LogP contribution is 2.31. The van der Waals surface area contributed by atoms with Gasteiger partial charge in [-0.25, -0.2) is 13.6 Å². The number of carbonyl (C=O) groups is 3. The molecule has 4 amide bonds. The highest BCUT2D eigenvalue weighted by Gasteiger charge is 2.24. The van der Waals surface area contributed by atoms with Gasteiger partial charge in [0.15, 0.2) is 0 Å². The number of urea groups is 1. The molecule has 2 heterocycles. The van der Waals surface area contributed by atoms with Crippen LogP contribution in [0.2, 0.25) is 0 Å². The molecule has 6 N–H and O–H groups in total. The Bertz CT molecular complexity index is 1160. The van der Waals surface area contributed by atoms with E-state index in [2.05, 4.69) is 30.9 Å². The lowest BCUT2D eigenvalue weighted by atomic mass is 10.1. The van der Waals surface area contributed by atoms with E-state index in [-0.39, 0.29) is 58.2 Å². The van der Waals surface area contributed by atoms with Crippen molar-refractivity contribution in [1.82, 2.24) is 14.6 Å². The van der Waals surface area contributed by atoms with Crippen molar-refractivity contribution < 1.29 is 42.9 Å². The number of halogens is 3. The van der Waals surface area contributed by atoms with Crippen molar-refractivity contribution in [2.45, 2.75) is 38.1 Å². The normalized spacial score (nSPS) is 14.9. The van der Waals surface area contributed by atoms with Gasteiger partial charge in [-0.05, 0) is 36.5 Å². The molecule has 12 nitrogen and oxygen atoms in total. The van der Waals surface area contributed by atoms with Gasteiger partial charge in [-0.3, -0.25) is 14.9 Å². The number of aliphatic hydroxyl groups excluding tert-OH is 2. The fourth-order valence-electron chi connectivity index (χ4n) is 3.69. The third-order valence-corrected chi connectivity index (χ3v) is 6.88. The molecule has 0 aliphatic carbocycles. The van der Waals surface area contributed by atoms with Crippen LogP contribution in [0.4, 0.5) is 18.6 Å². The summed E-state index contributed by atoms with van der Waals surface area (Å²) in [5, 5.41) is 25.1. The van der Waals surface area contributed by atoms with Crippen LogP contribution in [0, 0.1) is 11.6 Å². The van der Waals surface area contributed by atoms with Crippen LogP contribution in [0.5, 0.6) is 5.88 Å². The van der Waals surface area contributed by atoms with Gasteiger partial charge in [0.25, 0.3) is 5.91 Å². The second kappa shape index (κ2) is 14.5. The van der Waals surface area contributed by atoms with Crippen molar-refractivity contribution in [3.63, 3.8) is 0 Å². The zero-order chi connectivity index (χ0) is 28.5. The Morgan fingerprint density at radius 3 is 2.51 bits per heavy atom. The molecule has 1 aromatic carbocycles. The summed E-state index contributed by atoms with van der Waals surface area (Å²) in [4.78, 5) is 38.0. The molecule has 1 aromatic heterocycles. The lowest BCUT2D eigenvalue weighted by Crippen LogP contribution is -2.42. The number of primary amides is 1. The summed E-state index contributed by atoms with van der Waals surface area (Å²) in [5.41, 5.74) is 4.72. The summed E-state index contributed by atoms with van der Waals surface area (Å²) < 4.78 is 42.7. The van der Waals surface area contributed by atoms with Gasteiger partial charge in [0.2, 0.25) is 11.8 Å². The predicted octanol–water partition coefficient (Wildman–Crippen LogP) is 1.73. The number of benzene rings is 1. The summed E-state index contributed by atoms with van der Waals surface area (Å²) in [6, 6.07) is 1.36. The second-order valence-corrected chi connectivity index (χ2v) is 10.3. The Morgan fingerprint density at radius 2 is 1.87 bits per heavy atom. The molecule has 1 fully saturated rings. The van der Waals surface area contributed by atoms with Gasteiger partial charge in [0.1, 0.15) is 28.8 Å². The van der Waals surface area contributed by atoms with Crippen molar-refractivity contribution in [3.05, 3.63) is 39.4 Å². The Hall–Kier alpha value is -2.92. The number of anilines is 1. The molecular formula is C23H28BrF2N5O7S. The van der Waals surface area contributed by atoms with Crippen LogP contribution in [0.25, 0.3) is 0 Å². The van der Waals surface area contributed by atoms with Crippen LogP contribution in [0.15, 0.2) is 16.6 Å². The smallest absolute Gasteiger partial charge is 0.319 e. The van der Waals surface area contributed by atoms with E-state index in [9.17, 15) is 33.4 Å². The highest BCUT2D eigenvalue weighted by molar-refractivity contribution is 9.10. The van der Waals surface area contributed by atoms with Gasteiger partial charge in [-0.15, -0.1) is 0 Å². The van der Waals surface area contributed by atoms with Crippen LogP contribution in [0.1, 0.15) is 35.2 Å². The van der Waals surface area contributed by atoms with Crippen molar-refractivity contribution >= 4 is 50.3 Å². The number of carbonyl (C=O) groups excluding carboxylic acids is 3. The van der Waals surface area contributed by atoms with Crippen LogP contribution < -0.4 is 21.1 Å². The van der Waals surface area contributed by atoms with Gasteiger partial charge in [0, 0.05) is 24.1 Å². The number of hydrogen-bond donors (Lipinski definition) is 5. The lowest BCUT2D eigenvalue weighted by molar-refractivity contribution is -0.137. The summed E-state index contributed by atoms with van der Waals surface area (Å²) in [5.74, 6) is -3.24. The SMILES string of the molecule is NC(=O)c1c(OCc2c(F)cc(Br)cc2F)nsc1NC(=O)NCC[C@@H](O)C[C@@H](O)CC(=O)N1CCOCC1. The summed E-state index contributed by atoms with van der Waals surface area (Å²) >= 11 is 3.65. The van der Waals surface area contributed by atoms with Crippen molar-refractivity contribution in [3.8, 4) is 5.88 Å². The molecule has 0 bridgehead atoms. The minimum atomic E-state index is -1.04. The van der Waals surface area contributed by atoms with E-state index in [0.717, 1.165) is 12.1 Å². The molecule has 1 aliphatic rings. The van der Waals surface area contributed by atoms with E-state index in [0.29, 0.717) is 37.8 Å². The zero-order valence-electron chi connectivity index (χ0n) is 20.6. The first-order valence-electron chi connectivity index (χ1n) is 11.9. The van der Waals surface area contributed by atoms with Gasteiger partial charge < -0.3 is 35.6 Å². The van der Waals surface area contributed by atoms with Crippen LogP contribution in [-0.4, -0.2) is 82.4 Å². The van der Waals surface area contributed by atoms with E-state index >= 15 is 0 Å². The molecule has 214 valence electrons. The topological polar surface area (TPSA) is 176 Å².